The number of rotatable bonds is 9. The third kappa shape index (κ3) is 10.4. The summed E-state index contributed by atoms with van der Waals surface area (Å²) in [4.78, 5) is 15.5. The molecular weight excluding hydrogens is 424 g/mol. The molecule has 0 aromatic heterocycles. The number of benzene rings is 1. The maximum absolute atomic E-state index is 12.9. The van der Waals surface area contributed by atoms with Gasteiger partial charge in [0.1, 0.15) is 5.82 Å². The first kappa shape index (κ1) is 22.6. The van der Waals surface area contributed by atoms with E-state index in [4.69, 9.17) is 0 Å². The summed E-state index contributed by atoms with van der Waals surface area (Å²) in [7, 11) is 1.41. The lowest BCUT2D eigenvalue weighted by atomic mass is 10.2. The molecule has 0 aliphatic carbocycles. The highest BCUT2D eigenvalue weighted by Gasteiger charge is 2.00. The van der Waals surface area contributed by atoms with Gasteiger partial charge >= 0.3 is 5.97 Å². The number of hydrogen-bond donors (Lipinski definition) is 2. The molecule has 0 saturated heterocycles. The highest BCUT2D eigenvalue weighted by atomic mass is 127. The molecule has 0 amide bonds. The van der Waals surface area contributed by atoms with Crippen LogP contribution in [0.2, 0.25) is 0 Å². The molecule has 0 atom stereocenters. The molecule has 0 radical (unpaired) electrons. The molecular formula is C17H27FIN3O2. The molecule has 0 heterocycles. The van der Waals surface area contributed by atoms with Gasteiger partial charge in [-0.05, 0) is 37.5 Å². The molecule has 7 heteroatoms. The van der Waals surface area contributed by atoms with Crippen LogP contribution in [0.15, 0.2) is 29.3 Å². The number of halogens is 2. The Kier molecular flexibility index (Phi) is 13.2. The maximum Gasteiger partial charge on any atom is 0.305 e. The van der Waals surface area contributed by atoms with E-state index in [1.165, 1.54) is 19.2 Å². The molecule has 0 saturated carbocycles. The number of carbonyl (C=O) groups excluding carboxylic acids is 1. The van der Waals surface area contributed by atoms with Crippen LogP contribution in [0.3, 0.4) is 0 Å². The topological polar surface area (TPSA) is 62.7 Å². The first-order chi connectivity index (χ1) is 11.2. The molecule has 1 rings (SSSR count). The highest BCUT2D eigenvalue weighted by Crippen LogP contribution is 2.04. The second-order valence-corrected chi connectivity index (χ2v) is 5.14. The molecule has 136 valence electrons. The van der Waals surface area contributed by atoms with Gasteiger partial charge in [0.25, 0.3) is 0 Å². The Morgan fingerprint density at radius 3 is 2.50 bits per heavy atom. The van der Waals surface area contributed by atoms with Gasteiger partial charge in [-0.2, -0.15) is 0 Å². The minimum Gasteiger partial charge on any atom is -0.469 e. The van der Waals surface area contributed by atoms with Crippen LogP contribution >= 0.6 is 24.0 Å². The normalized spacial score (nSPS) is 10.7. The fourth-order valence-corrected chi connectivity index (χ4v) is 1.98. The van der Waals surface area contributed by atoms with Crippen molar-refractivity contribution in [2.45, 2.75) is 39.2 Å². The standard InChI is InChI=1S/C17H26FN3O2.HI/c1-3-19-17(20-12-6-4-5-7-16(22)23-2)21-13-14-8-10-15(18)11-9-14;/h8-11H,3-7,12-13H2,1-2H3,(H2,19,20,21);1H. The Morgan fingerprint density at radius 2 is 1.88 bits per heavy atom. The zero-order valence-corrected chi connectivity index (χ0v) is 16.6. The minimum absolute atomic E-state index is 0. The lowest BCUT2D eigenvalue weighted by Gasteiger charge is -2.11. The summed E-state index contributed by atoms with van der Waals surface area (Å²) in [6.07, 6.45) is 3.21. The van der Waals surface area contributed by atoms with Crippen LogP contribution in [0.1, 0.15) is 38.2 Å². The van der Waals surface area contributed by atoms with Gasteiger partial charge in [0.15, 0.2) is 5.96 Å². The average molecular weight is 451 g/mol. The fourth-order valence-electron chi connectivity index (χ4n) is 1.98. The van der Waals surface area contributed by atoms with Crippen LogP contribution < -0.4 is 10.6 Å². The van der Waals surface area contributed by atoms with Crippen molar-refractivity contribution in [1.82, 2.24) is 10.6 Å². The molecule has 2 N–H and O–H groups in total. The molecule has 0 spiro atoms. The molecule has 0 unspecified atom stereocenters. The van der Waals surface area contributed by atoms with Crippen LogP contribution in [0.4, 0.5) is 4.39 Å². The number of carbonyl (C=O) groups is 1. The summed E-state index contributed by atoms with van der Waals surface area (Å²) in [5.74, 6) is 0.340. The predicted octanol–water partition coefficient (Wildman–Crippen LogP) is 3.23. The molecule has 24 heavy (non-hydrogen) atoms. The van der Waals surface area contributed by atoms with Crippen molar-refractivity contribution in [2.75, 3.05) is 20.2 Å². The van der Waals surface area contributed by atoms with Crippen molar-refractivity contribution in [1.29, 1.82) is 0 Å². The SMILES string of the molecule is CCNC(=NCc1ccc(F)cc1)NCCCCCC(=O)OC.I. The Morgan fingerprint density at radius 1 is 1.17 bits per heavy atom. The first-order valence-corrected chi connectivity index (χ1v) is 7.99. The largest absolute Gasteiger partial charge is 0.469 e. The van der Waals surface area contributed by atoms with Gasteiger partial charge in [-0.3, -0.25) is 4.79 Å². The van der Waals surface area contributed by atoms with Gasteiger partial charge in [-0.15, -0.1) is 24.0 Å². The van der Waals surface area contributed by atoms with Crippen molar-refractivity contribution in [3.63, 3.8) is 0 Å². The Bertz CT molecular complexity index is 495. The van der Waals surface area contributed by atoms with Crippen molar-refractivity contribution in [3.8, 4) is 0 Å². The van der Waals surface area contributed by atoms with Crippen LogP contribution in [0, 0.1) is 5.82 Å². The Hall–Kier alpha value is -1.38. The van der Waals surface area contributed by atoms with E-state index in [0.29, 0.717) is 13.0 Å². The minimum atomic E-state index is -0.241. The highest BCUT2D eigenvalue weighted by molar-refractivity contribution is 14.0. The number of hydrogen-bond acceptors (Lipinski definition) is 3. The van der Waals surface area contributed by atoms with E-state index in [9.17, 15) is 9.18 Å². The third-order valence-corrected chi connectivity index (χ3v) is 3.26. The molecule has 0 fully saturated rings. The van der Waals surface area contributed by atoms with Crippen molar-refractivity contribution >= 4 is 35.9 Å². The van der Waals surface area contributed by atoms with Crippen molar-refractivity contribution in [2.24, 2.45) is 4.99 Å². The number of nitrogens with zero attached hydrogens (tertiary/aromatic N) is 1. The van der Waals surface area contributed by atoms with Crippen LogP contribution in [-0.2, 0) is 16.1 Å². The van der Waals surface area contributed by atoms with E-state index in [1.807, 2.05) is 6.92 Å². The third-order valence-electron chi connectivity index (χ3n) is 3.26. The van der Waals surface area contributed by atoms with Crippen molar-refractivity contribution < 1.29 is 13.9 Å². The maximum atomic E-state index is 12.9. The van der Waals surface area contributed by atoms with Gasteiger partial charge in [-0.25, -0.2) is 9.38 Å². The molecule has 5 nitrogen and oxygen atoms in total. The molecule has 0 aliphatic rings. The molecule has 1 aromatic carbocycles. The predicted molar refractivity (Wildman–Crippen MR) is 105 cm³/mol. The van der Waals surface area contributed by atoms with E-state index >= 15 is 0 Å². The summed E-state index contributed by atoms with van der Waals surface area (Å²) in [6, 6.07) is 6.34. The van der Waals surface area contributed by atoms with Gasteiger partial charge < -0.3 is 15.4 Å². The summed E-state index contributed by atoms with van der Waals surface area (Å²) in [6.45, 7) is 4.07. The summed E-state index contributed by atoms with van der Waals surface area (Å²) >= 11 is 0. The number of guanidine groups is 1. The van der Waals surface area contributed by atoms with E-state index in [0.717, 1.165) is 43.9 Å². The summed E-state index contributed by atoms with van der Waals surface area (Å²) < 4.78 is 17.5. The quantitative estimate of drug-likeness (QED) is 0.199. The van der Waals surface area contributed by atoms with Crippen molar-refractivity contribution in [3.05, 3.63) is 35.6 Å². The van der Waals surface area contributed by atoms with Gasteiger partial charge in [0.2, 0.25) is 0 Å². The van der Waals surface area contributed by atoms with Gasteiger partial charge in [0.05, 0.1) is 13.7 Å². The number of ether oxygens (including phenoxy) is 1. The molecule has 0 bridgehead atoms. The number of nitrogens with one attached hydrogen (secondary N) is 2. The smallest absolute Gasteiger partial charge is 0.305 e. The zero-order valence-electron chi connectivity index (χ0n) is 14.3. The van der Waals surface area contributed by atoms with Crippen LogP contribution in [-0.4, -0.2) is 32.1 Å². The van der Waals surface area contributed by atoms with Gasteiger partial charge in [-0.1, -0.05) is 18.6 Å². The van der Waals surface area contributed by atoms with E-state index < -0.39 is 0 Å². The second kappa shape index (κ2) is 14.0. The summed E-state index contributed by atoms with van der Waals surface area (Å²) in [5.41, 5.74) is 0.960. The number of esters is 1. The van der Waals surface area contributed by atoms with E-state index in [1.54, 1.807) is 12.1 Å². The lowest BCUT2D eigenvalue weighted by molar-refractivity contribution is -0.140. The summed E-state index contributed by atoms with van der Waals surface area (Å²) in [5, 5.41) is 6.43. The lowest BCUT2D eigenvalue weighted by Crippen LogP contribution is -2.37. The first-order valence-electron chi connectivity index (χ1n) is 7.99. The number of aliphatic imine (C=N–C) groups is 1. The van der Waals surface area contributed by atoms with Crippen LogP contribution in [0.5, 0.6) is 0 Å². The van der Waals surface area contributed by atoms with Gasteiger partial charge in [0, 0.05) is 19.5 Å². The Balaban J connectivity index is 0.00000529. The molecule has 1 aromatic rings. The number of unbranched alkanes of at least 4 members (excludes halogenated alkanes) is 2. The van der Waals surface area contributed by atoms with Crippen LogP contribution in [0.25, 0.3) is 0 Å². The zero-order chi connectivity index (χ0) is 16.9. The molecule has 0 aliphatic heterocycles. The number of methoxy groups -OCH3 is 1. The van der Waals surface area contributed by atoms with E-state index in [2.05, 4.69) is 20.4 Å². The monoisotopic (exact) mass is 451 g/mol. The fraction of sp³-hybridized carbons (Fsp3) is 0.529. The Labute approximate surface area is 160 Å². The van der Waals surface area contributed by atoms with E-state index in [-0.39, 0.29) is 35.8 Å². The second-order valence-electron chi connectivity index (χ2n) is 5.14. The average Bonchev–Trinajstić information content (AvgIpc) is 2.56.